The molecule has 0 aromatic heterocycles. The highest BCUT2D eigenvalue weighted by atomic mass is 16.5. The predicted molar refractivity (Wildman–Crippen MR) is 75.3 cm³/mol. The number of carbonyl (C=O) groups excluding carboxylic acids is 1. The smallest absolute Gasteiger partial charge is 0.200 e. The van der Waals surface area contributed by atoms with Gasteiger partial charge >= 0.3 is 0 Å². The van der Waals surface area contributed by atoms with E-state index in [0.29, 0.717) is 17.7 Å². The lowest BCUT2D eigenvalue weighted by atomic mass is 9.70. The average Bonchev–Trinajstić information content (AvgIpc) is 2.63. The van der Waals surface area contributed by atoms with Crippen molar-refractivity contribution in [3.05, 3.63) is 29.0 Å². The molecule has 0 saturated heterocycles. The van der Waals surface area contributed by atoms with Gasteiger partial charge in [-0.05, 0) is 38.8 Å². The van der Waals surface area contributed by atoms with Gasteiger partial charge in [0.2, 0.25) is 5.75 Å². The van der Waals surface area contributed by atoms with Crippen molar-refractivity contribution in [3.8, 4) is 17.2 Å². The summed E-state index contributed by atoms with van der Waals surface area (Å²) in [7, 11) is 1.42. The molecule has 5 nitrogen and oxygen atoms in total. The average molecular weight is 290 g/mol. The number of benzene rings is 1. The lowest BCUT2D eigenvalue weighted by Crippen LogP contribution is -2.48. The number of allylic oxidation sites excluding steroid dienone is 2. The minimum absolute atomic E-state index is 0.0391. The third kappa shape index (κ3) is 1.49. The van der Waals surface area contributed by atoms with Gasteiger partial charge in [0.05, 0.1) is 18.3 Å². The molecule has 0 bridgehead atoms. The lowest BCUT2D eigenvalue weighted by Gasteiger charge is -2.43. The number of carbonyl (C=O) groups is 1. The quantitative estimate of drug-likeness (QED) is 0.777. The number of phenols is 2. The van der Waals surface area contributed by atoms with E-state index < -0.39 is 11.0 Å². The van der Waals surface area contributed by atoms with Crippen LogP contribution in [0.1, 0.15) is 31.9 Å². The number of ether oxygens (including phenoxy) is 2. The minimum atomic E-state index is -1.01. The van der Waals surface area contributed by atoms with Gasteiger partial charge < -0.3 is 19.7 Å². The van der Waals surface area contributed by atoms with E-state index in [9.17, 15) is 15.0 Å². The largest absolute Gasteiger partial charge is 0.504 e. The Hall–Kier alpha value is -2.17. The maximum atomic E-state index is 12.5. The Morgan fingerprint density at radius 1 is 1.29 bits per heavy atom. The summed E-state index contributed by atoms with van der Waals surface area (Å²) >= 11 is 0. The van der Waals surface area contributed by atoms with E-state index in [-0.39, 0.29) is 23.0 Å². The van der Waals surface area contributed by atoms with Crippen molar-refractivity contribution in [1.82, 2.24) is 0 Å². The van der Waals surface area contributed by atoms with Crippen LogP contribution in [0.3, 0.4) is 0 Å². The Kier molecular flexibility index (Phi) is 2.58. The Labute approximate surface area is 122 Å². The maximum Gasteiger partial charge on any atom is 0.200 e. The zero-order valence-electron chi connectivity index (χ0n) is 12.5. The molecule has 2 atom stereocenters. The summed E-state index contributed by atoms with van der Waals surface area (Å²) in [6, 6.07) is 1.66. The molecule has 2 unspecified atom stereocenters. The van der Waals surface area contributed by atoms with Crippen LogP contribution in [0, 0.1) is 5.41 Å². The molecule has 1 aliphatic carbocycles. The Bertz CT molecular complexity index is 690. The summed E-state index contributed by atoms with van der Waals surface area (Å²) in [6.45, 7) is 5.31. The number of methoxy groups -OCH3 is 1. The summed E-state index contributed by atoms with van der Waals surface area (Å²) in [6.07, 6.45) is 1.91. The second-order valence-electron chi connectivity index (χ2n) is 6.07. The van der Waals surface area contributed by atoms with Crippen LogP contribution in [0.15, 0.2) is 17.9 Å². The second-order valence-corrected chi connectivity index (χ2v) is 6.07. The fraction of sp³-hybridized carbons (Fsp3) is 0.438. The molecule has 2 N–H and O–H groups in total. The summed E-state index contributed by atoms with van der Waals surface area (Å²) in [5.41, 5.74) is -0.607. The highest BCUT2D eigenvalue weighted by Crippen LogP contribution is 2.61. The lowest BCUT2D eigenvalue weighted by molar-refractivity contribution is -0.147. The van der Waals surface area contributed by atoms with Crippen molar-refractivity contribution in [1.29, 1.82) is 0 Å². The number of fused-ring (bicyclic) bond motifs is 3. The van der Waals surface area contributed by atoms with Crippen LogP contribution >= 0.6 is 0 Å². The Balaban J connectivity index is 2.30. The minimum Gasteiger partial charge on any atom is -0.504 e. The number of aromatic hydroxyl groups is 2. The van der Waals surface area contributed by atoms with Crippen LogP contribution in [0.5, 0.6) is 17.2 Å². The van der Waals surface area contributed by atoms with Gasteiger partial charge in [0.1, 0.15) is 5.60 Å². The van der Waals surface area contributed by atoms with Gasteiger partial charge in [-0.2, -0.15) is 0 Å². The Morgan fingerprint density at radius 2 is 1.95 bits per heavy atom. The van der Waals surface area contributed by atoms with Crippen LogP contribution in [0.2, 0.25) is 0 Å². The van der Waals surface area contributed by atoms with Gasteiger partial charge in [0, 0.05) is 11.6 Å². The molecule has 21 heavy (non-hydrogen) atoms. The van der Waals surface area contributed by atoms with Crippen molar-refractivity contribution in [2.24, 2.45) is 5.41 Å². The summed E-state index contributed by atoms with van der Waals surface area (Å²) in [5, 5.41) is 20.4. The van der Waals surface area contributed by atoms with Crippen LogP contribution in [0.4, 0.5) is 0 Å². The molecule has 3 rings (SSSR count). The van der Waals surface area contributed by atoms with E-state index in [1.807, 2.05) is 6.92 Å². The Morgan fingerprint density at radius 3 is 2.57 bits per heavy atom. The number of phenolic OH excluding ortho intramolecular Hbond substituents is 2. The number of hydrogen-bond acceptors (Lipinski definition) is 5. The van der Waals surface area contributed by atoms with Crippen LogP contribution in [-0.4, -0.2) is 23.1 Å². The molecule has 0 radical (unpaired) electrons. The molecular weight excluding hydrogens is 272 g/mol. The van der Waals surface area contributed by atoms with Gasteiger partial charge in [0.25, 0.3) is 0 Å². The number of rotatable bonds is 1. The van der Waals surface area contributed by atoms with Gasteiger partial charge in [-0.3, -0.25) is 4.79 Å². The molecule has 112 valence electrons. The zero-order valence-corrected chi connectivity index (χ0v) is 12.5. The number of ketones is 1. The molecule has 1 aromatic carbocycles. The summed E-state index contributed by atoms with van der Waals surface area (Å²) in [5.74, 6) is 0.0441. The molecule has 0 fully saturated rings. The monoisotopic (exact) mass is 290 g/mol. The highest BCUT2D eigenvalue weighted by Gasteiger charge is 2.61. The molecule has 0 saturated carbocycles. The van der Waals surface area contributed by atoms with E-state index in [1.54, 1.807) is 19.9 Å². The first-order valence-electron chi connectivity index (χ1n) is 6.78. The van der Waals surface area contributed by atoms with E-state index in [1.165, 1.54) is 13.2 Å². The summed E-state index contributed by atoms with van der Waals surface area (Å²) in [4.78, 5) is 12.5. The van der Waals surface area contributed by atoms with Gasteiger partial charge in [-0.25, -0.2) is 0 Å². The third-order valence-electron chi connectivity index (χ3n) is 4.86. The third-order valence-corrected chi connectivity index (χ3v) is 4.86. The molecule has 1 aromatic rings. The molecule has 5 heteroatoms. The van der Waals surface area contributed by atoms with E-state index in [2.05, 4.69) is 0 Å². The van der Waals surface area contributed by atoms with E-state index >= 15 is 0 Å². The maximum absolute atomic E-state index is 12.5. The SMILES string of the molecule is COc1cc2c(c(O)c1O)C1(C)OC(C)=CC(=O)C1(C)C2. The van der Waals surface area contributed by atoms with Gasteiger partial charge in [-0.15, -0.1) is 0 Å². The standard InChI is InChI=1S/C16H18O5/c1-8-5-11(17)15(2)7-9-6-10(20-4)13(18)14(19)12(9)16(15,3)21-8/h5-6,18-19H,7H2,1-4H3. The number of hydrogen-bond donors (Lipinski definition) is 2. The fourth-order valence-corrected chi connectivity index (χ4v) is 3.52. The predicted octanol–water partition coefficient (Wildman–Crippen LogP) is 2.39. The first kappa shape index (κ1) is 13.8. The first-order valence-corrected chi connectivity index (χ1v) is 6.78. The molecule has 0 spiro atoms. The van der Waals surface area contributed by atoms with Gasteiger partial charge in [0.15, 0.2) is 17.3 Å². The summed E-state index contributed by atoms with van der Waals surface area (Å²) < 4.78 is 11.0. The van der Waals surface area contributed by atoms with Crippen molar-refractivity contribution in [2.75, 3.05) is 7.11 Å². The van der Waals surface area contributed by atoms with Crippen LogP contribution in [-0.2, 0) is 21.6 Å². The van der Waals surface area contributed by atoms with Crippen LogP contribution in [0.25, 0.3) is 0 Å². The van der Waals surface area contributed by atoms with Crippen molar-refractivity contribution < 1.29 is 24.5 Å². The van der Waals surface area contributed by atoms with Crippen molar-refractivity contribution in [3.63, 3.8) is 0 Å². The van der Waals surface area contributed by atoms with E-state index in [0.717, 1.165) is 5.56 Å². The first-order chi connectivity index (χ1) is 9.74. The second kappa shape index (κ2) is 3.93. The molecule has 2 aliphatic rings. The van der Waals surface area contributed by atoms with E-state index in [4.69, 9.17) is 9.47 Å². The van der Waals surface area contributed by atoms with Crippen molar-refractivity contribution in [2.45, 2.75) is 32.8 Å². The highest BCUT2D eigenvalue weighted by molar-refractivity contribution is 5.98. The van der Waals surface area contributed by atoms with Crippen LogP contribution < -0.4 is 4.74 Å². The topological polar surface area (TPSA) is 76.0 Å². The van der Waals surface area contributed by atoms with Crippen molar-refractivity contribution >= 4 is 5.78 Å². The fourth-order valence-electron chi connectivity index (χ4n) is 3.52. The zero-order chi connectivity index (χ0) is 15.6. The molecule has 1 heterocycles. The normalized spacial score (nSPS) is 30.3. The molecule has 0 amide bonds. The molecule has 1 aliphatic heterocycles. The molecular formula is C16H18O5. The van der Waals surface area contributed by atoms with Gasteiger partial charge in [-0.1, -0.05) is 0 Å².